The summed E-state index contributed by atoms with van der Waals surface area (Å²) in [6.45, 7) is 1.98. The molecule has 1 heterocycles. The molecular formula is C27H33NO4S. The van der Waals surface area contributed by atoms with Gasteiger partial charge < -0.3 is 5.11 Å². The highest BCUT2D eigenvalue weighted by atomic mass is 32.2. The summed E-state index contributed by atoms with van der Waals surface area (Å²) in [5.41, 5.74) is 3.66. The second kappa shape index (κ2) is 8.95. The molecule has 33 heavy (non-hydrogen) atoms. The van der Waals surface area contributed by atoms with Crippen molar-refractivity contribution in [1.82, 2.24) is 4.98 Å². The van der Waals surface area contributed by atoms with E-state index < -0.39 is 9.84 Å². The fourth-order valence-electron chi connectivity index (χ4n) is 5.27. The number of aryl methyl sites for hydroxylation is 1. The van der Waals surface area contributed by atoms with Crippen LogP contribution in [0.4, 0.5) is 0 Å². The molecule has 176 valence electrons. The number of sulfone groups is 1. The molecule has 3 atom stereocenters. The summed E-state index contributed by atoms with van der Waals surface area (Å²) >= 11 is 0. The maximum atomic E-state index is 13.5. The van der Waals surface area contributed by atoms with Gasteiger partial charge in [-0.3, -0.25) is 9.78 Å². The van der Waals surface area contributed by atoms with Gasteiger partial charge in [0.25, 0.3) is 0 Å². The van der Waals surface area contributed by atoms with Gasteiger partial charge in [-0.15, -0.1) is 0 Å². The molecule has 1 N–H and O–H groups in total. The van der Waals surface area contributed by atoms with Gasteiger partial charge in [-0.05, 0) is 98.9 Å². The number of Topliss-reactive ketones (excluding diaryl/α,β-unsaturated/α-hetero) is 1. The number of hydrogen-bond acceptors (Lipinski definition) is 5. The topological polar surface area (TPSA) is 84.3 Å². The smallest absolute Gasteiger partial charge is 0.181 e. The van der Waals surface area contributed by atoms with Gasteiger partial charge in [-0.1, -0.05) is 18.2 Å². The average molecular weight is 468 g/mol. The van der Waals surface area contributed by atoms with Gasteiger partial charge in [0, 0.05) is 24.2 Å². The second-order valence-electron chi connectivity index (χ2n) is 10.4. The predicted octanol–water partition coefficient (Wildman–Crippen LogP) is 4.65. The Balaban J connectivity index is 1.46. The van der Waals surface area contributed by atoms with E-state index in [0.717, 1.165) is 67.3 Å². The van der Waals surface area contributed by atoms with Crippen molar-refractivity contribution in [3.8, 4) is 0 Å². The van der Waals surface area contributed by atoms with E-state index in [4.69, 9.17) is 0 Å². The molecule has 5 nitrogen and oxygen atoms in total. The van der Waals surface area contributed by atoms with Crippen molar-refractivity contribution in [2.75, 3.05) is 0 Å². The number of pyridine rings is 1. The number of ketones is 1. The lowest BCUT2D eigenvalue weighted by molar-refractivity contribution is -0.120. The molecule has 3 saturated carbocycles. The quantitative estimate of drug-likeness (QED) is 0.580. The first-order valence-electron chi connectivity index (χ1n) is 12.3. The Hall–Kier alpha value is -2.05. The normalized spacial score (nSPS) is 24.1. The Labute approximate surface area is 196 Å². The van der Waals surface area contributed by atoms with Gasteiger partial charge in [-0.25, -0.2) is 8.42 Å². The van der Waals surface area contributed by atoms with Gasteiger partial charge in [0.05, 0.1) is 16.2 Å². The van der Waals surface area contributed by atoms with Gasteiger partial charge in [0.2, 0.25) is 0 Å². The van der Waals surface area contributed by atoms with Crippen molar-refractivity contribution >= 4 is 15.6 Å². The number of rotatable bonds is 9. The lowest BCUT2D eigenvalue weighted by atomic mass is 9.82. The van der Waals surface area contributed by atoms with E-state index in [9.17, 15) is 18.3 Å². The van der Waals surface area contributed by atoms with Crippen LogP contribution in [0.2, 0.25) is 0 Å². The first-order valence-corrected chi connectivity index (χ1v) is 13.9. The van der Waals surface area contributed by atoms with Crippen LogP contribution in [0.5, 0.6) is 0 Å². The van der Waals surface area contributed by atoms with Crippen LogP contribution in [0.1, 0.15) is 85.6 Å². The molecule has 0 spiro atoms. The molecule has 3 aliphatic rings. The molecule has 0 aliphatic heterocycles. The molecule has 3 aliphatic carbocycles. The van der Waals surface area contributed by atoms with Crippen molar-refractivity contribution < 1.29 is 18.3 Å². The van der Waals surface area contributed by atoms with Crippen molar-refractivity contribution in [1.29, 1.82) is 0 Å². The minimum absolute atomic E-state index is 0.118. The summed E-state index contributed by atoms with van der Waals surface area (Å²) in [4.78, 5) is 18.5. The lowest BCUT2D eigenvalue weighted by Crippen LogP contribution is -2.20. The number of benzene rings is 1. The number of aliphatic hydroxyl groups is 1. The van der Waals surface area contributed by atoms with Crippen LogP contribution in [0, 0.1) is 12.8 Å². The number of carbonyl (C=O) groups excluding carboxylic acids is 1. The highest BCUT2D eigenvalue weighted by Gasteiger charge is 2.41. The maximum Gasteiger partial charge on any atom is 0.181 e. The van der Waals surface area contributed by atoms with Crippen LogP contribution >= 0.6 is 0 Å². The predicted molar refractivity (Wildman–Crippen MR) is 127 cm³/mol. The Morgan fingerprint density at radius 3 is 2.48 bits per heavy atom. The molecule has 1 unspecified atom stereocenters. The third kappa shape index (κ3) is 5.07. The van der Waals surface area contributed by atoms with Crippen molar-refractivity contribution in [3.05, 3.63) is 58.9 Å². The second-order valence-corrected chi connectivity index (χ2v) is 12.6. The molecule has 0 bridgehead atoms. The Kier molecular flexibility index (Phi) is 6.17. The number of nitrogens with zero attached hydrogens (tertiary/aromatic N) is 1. The Morgan fingerprint density at radius 1 is 1.09 bits per heavy atom. The van der Waals surface area contributed by atoms with Gasteiger partial charge in [0.15, 0.2) is 9.84 Å². The molecule has 0 amide bonds. The summed E-state index contributed by atoms with van der Waals surface area (Å²) in [7, 11) is -3.27. The number of carbonyl (C=O) groups is 1. The van der Waals surface area contributed by atoms with Crippen LogP contribution in [0.15, 0.2) is 41.4 Å². The Bertz CT molecular complexity index is 1130. The monoisotopic (exact) mass is 467 g/mol. The molecule has 5 rings (SSSR count). The van der Waals surface area contributed by atoms with E-state index in [-0.39, 0.29) is 35.4 Å². The molecule has 0 saturated heterocycles. The van der Waals surface area contributed by atoms with Gasteiger partial charge in [-0.2, -0.15) is 0 Å². The van der Waals surface area contributed by atoms with Gasteiger partial charge in [0.1, 0.15) is 5.78 Å². The molecule has 1 aromatic carbocycles. The van der Waals surface area contributed by atoms with E-state index in [0.29, 0.717) is 17.2 Å². The fourth-order valence-corrected chi connectivity index (χ4v) is 7.20. The molecule has 3 fully saturated rings. The van der Waals surface area contributed by atoms with Crippen LogP contribution in [-0.4, -0.2) is 35.6 Å². The van der Waals surface area contributed by atoms with Crippen molar-refractivity contribution in [2.24, 2.45) is 5.92 Å². The molecule has 6 heteroatoms. The SMILES string of the molecule is Cc1ccc(CC(=O)[C@H](C[C@H]2CCC(O)C2)c2ccc(S(=O)(=O)C3CC3)c(C3CC3)c2)nc1. The minimum atomic E-state index is -3.27. The largest absolute Gasteiger partial charge is 0.393 e. The van der Waals surface area contributed by atoms with E-state index in [1.807, 2.05) is 31.2 Å². The summed E-state index contributed by atoms with van der Waals surface area (Å²) in [6.07, 6.45) is 8.44. The van der Waals surface area contributed by atoms with E-state index in [1.165, 1.54) is 0 Å². The van der Waals surface area contributed by atoms with E-state index in [1.54, 1.807) is 12.3 Å². The zero-order chi connectivity index (χ0) is 23.2. The summed E-state index contributed by atoms with van der Waals surface area (Å²) < 4.78 is 26.1. The highest BCUT2D eigenvalue weighted by molar-refractivity contribution is 7.92. The molecule has 1 aromatic heterocycles. The summed E-state index contributed by atoms with van der Waals surface area (Å²) in [5, 5.41) is 9.80. The zero-order valence-corrected chi connectivity index (χ0v) is 20.1. The van der Waals surface area contributed by atoms with E-state index >= 15 is 0 Å². The average Bonchev–Trinajstić information content (AvgIpc) is 3.70. The van der Waals surface area contributed by atoms with Crippen LogP contribution in [-0.2, 0) is 21.1 Å². The number of hydrogen-bond donors (Lipinski definition) is 1. The molecular weight excluding hydrogens is 434 g/mol. The fraction of sp³-hybridized carbons (Fsp3) is 0.556. The van der Waals surface area contributed by atoms with Crippen molar-refractivity contribution in [3.63, 3.8) is 0 Å². The number of aromatic nitrogens is 1. The summed E-state index contributed by atoms with van der Waals surface area (Å²) in [5.74, 6) is 0.404. The summed E-state index contributed by atoms with van der Waals surface area (Å²) in [6, 6.07) is 9.54. The number of aliphatic hydroxyl groups excluding tert-OH is 1. The third-order valence-electron chi connectivity index (χ3n) is 7.52. The minimum Gasteiger partial charge on any atom is -0.393 e. The first kappa shape index (κ1) is 22.7. The lowest BCUT2D eigenvalue weighted by Gasteiger charge is -2.22. The third-order valence-corrected chi connectivity index (χ3v) is 9.86. The zero-order valence-electron chi connectivity index (χ0n) is 19.2. The van der Waals surface area contributed by atoms with E-state index in [2.05, 4.69) is 4.98 Å². The maximum absolute atomic E-state index is 13.5. The van der Waals surface area contributed by atoms with Crippen molar-refractivity contribution in [2.45, 2.75) is 92.8 Å². The standard InChI is InChI=1S/C27H33NO4S/c1-17-2-7-21(28-16-17)15-26(30)24(13-18-3-8-22(29)12-18)20-6-11-27(25(14-20)19-4-5-19)33(31,32)23-9-10-23/h2,6-7,11,14,16,18-19,22-24,29H,3-5,8-10,12-13,15H2,1H3/t18-,22?,24+/m0/s1. The van der Waals surface area contributed by atoms with Gasteiger partial charge >= 0.3 is 0 Å². The highest BCUT2D eigenvalue weighted by Crippen LogP contribution is 2.47. The Morgan fingerprint density at radius 2 is 1.88 bits per heavy atom. The van der Waals surface area contributed by atoms with Crippen LogP contribution in [0.3, 0.4) is 0 Å². The molecule has 2 aromatic rings. The first-order chi connectivity index (χ1) is 15.8. The molecule has 0 radical (unpaired) electrons. The van der Waals surface area contributed by atoms with Crippen LogP contribution in [0.25, 0.3) is 0 Å². The van der Waals surface area contributed by atoms with Crippen LogP contribution < -0.4 is 0 Å².